The van der Waals surface area contributed by atoms with Crippen LogP contribution < -0.4 is 30.1 Å². The number of aryl methyl sites for hydroxylation is 1. The van der Waals surface area contributed by atoms with Crippen molar-refractivity contribution in [2.45, 2.75) is 33.0 Å². The van der Waals surface area contributed by atoms with Crippen LogP contribution in [0.2, 0.25) is 0 Å². The normalized spacial score (nSPS) is 14.9. The predicted octanol–water partition coefficient (Wildman–Crippen LogP) is 15.6. The molecule has 0 spiro atoms. The quantitative estimate of drug-likeness (QED) is 0.0529. The van der Waals surface area contributed by atoms with Crippen LogP contribution in [-0.4, -0.2) is 22.2 Å². The zero-order valence-corrected chi connectivity index (χ0v) is 48.7. The predicted molar refractivity (Wildman–Crippen MR) is 343 cm³/mol. The summed E-state index contributed by atoms with van der Waals surface area (Å²) in [7, 11) is -3.17. The van der Waals surface area contributed by atoms with Crippen LogP contribution in [0.1, 0.15) is 56.6 Å². The molecule has 0 radical (unpaired) electrons. The minimum Gasteiger partial charge on any atom is -0.510 e. The third-order valence-corrected chi connectivity index (χ3v) is 19.9. The van der Waals surface area contributed by atoms with Crippen LogP contribution in [0.4, 0.5) is 0 Å². The maximum atomic E-state index is 9.35. The third kappa shape index (κ3) is 9.61. The van der Waals surface area contributed by atoms with Crippen molar-refractivity contribution in [3.05, 3.63) is 308 Å². The minimum atomic E-state index is -3.17. The van der Waals surface area contributed by atoms with Crippen molar-refractivity contribution in [2.75, 3.05) is 0 Å². The summed E-state index contributed by atoms with van der Waals surface area (Å²) in [6, 6.07) is 56.2. The number of hydrogen-bond donors (Lipinski definition) is 0. The maximum Gasteiger partial charge on any atom is 0.268 e. The van der Waals surface area contributed by atoms with Gasteiger partial charge in [0.15, 0.2) is 8.07 Å². The van der Waals surface area contributed by atoms with Gasteiger partial charge in [0, 0.05) is 54.0 Å². The first kappa shape index (κ1) is 36.9. The zero-order valence-electron chi connectivity index (χ0n) is 63.4. The molecule has 0 bridgehead atoms. The Morgan fingerprint density at radius 1 is 0.524 bits per heavy atom. The molecule has 408 valence electrons. The SMILES string of the molecule is [2H]c1c([2H])c([2H])c(-c2cnc(-n3c4[c-]c(Oc5[c-]c(-n6[c-][n+](-c7c(-c8c([2H])c([2H])c([2H])c([2H])c8[2H])cc(C(C)(C)C)cc7-c7c([2H])c([2H])c([2H])c([2H])c7[2H])c7ccccc76)ccc5)ccc4c4cc([Si](c5ccccc5)(c5ccccc5)c5ccccc5)ccc43)cc2C([2H])([2H])[2H])c([2H])c1[2H].[Pt]. The molecule has 0 aliphatic carbocycles. The van der Waals surface area contributed by atoms with Gasteiger partial charge in [-0.2, -0.15) is 18.2 Å². The van der Waals surface area contributed by atoms with Gasteiger partial charge in [-0.1, -0.05) is 256 Å². The number of ether oxygens (including phenoxy) is 1. The van der Waals surface area contributed by atoms with E-state index in [9.17, 15) is 5.48 Å². The van der Waals surface area contributed by atoms with E-state index in [0.717, 1.165) is 26.1 Å². The Morgan fingerprint density at radius 3 is 1.67 bits per heavy atom. The number of rotatable bonds is 12. The van der Waals surface area contributed by atoms with Crippen LogP contribution in [-0.2, 0) is 26.5 Å². The monoisotopic (exact) mass is 1300 g/mol. The van der Waals surface area contributed by atoms with Gasteiger partial charge in [0.05, 0.1) is 37.3 Å². The number of benzene rings is 11. The van der Waals surface area contributed by atoms with Crippen molar-refractivity contribution in [3.8, 4) is 62.1 Å². The van der Waals surface area contributed by atoms with E-state index in [0.29, 0.717) is 38.7 Å². The number of fused-ring (bicyclic) bond motifs is 4. The van der Waals surface area contributed by atoms with Gasteiger partial charge in [0.2, 0.25) is 0 Å². The van der Waals surface area contributed by atoms with E-state index in [1.807, 2.05) is 93.6 Å². The topological polar surface area (TPSA) is 35.9 Å². The molecule has 14 aromatic rings. The first-order valence-corrected chi connectivity index (χ1v) is 28.9. The van der Waals surface area contributed by atoms with Gasteiger partial charge >= 0.3 is 0 Å². The summed E-state index contributed by atoms with van der Waals surface area (Å²) in [6.07, 6.45) is 4.67. The maximum absolute atomic E-state index is 9.35. The molecule has 14 rings (SSSR count). The van der Waals surface area contributed by atoms with E-state index in [2.05, 4.69) is 67.0 Å². The molecule has 7 heteroatoms. The Hall–Kier alpha value is -9.45. The Kier molecular flexibility index (Phi) is 9.82. The largest absolute Gasteiger partial charge is 0.510 e. The van der Waals surface area contributed by atoms with Crippen molar-refractivity contribution >= 4 is 61.7 Å². The Morgan fingerprint density at radius 2 is 1.08 bits per heavy atom. The number of aromatic nitrogens is 4. The summed E-state index contributed by atoms with van der Waals surface area (Å²) in [5.41, 5.74) is 1.28. The Labute approximate surface area is 532 Å². The van der Waals surface area contributed by atoms with E-state index >= 15 is 0 Å². The van der Waals surface area contributed by atoms with Crippen molar-refractivity contribution in [1.29, 1.82) is 0 Å². The molecular formula is C77H58N4OPtSi-2. The summed E-state index contributed by atoms with van der Waals surface area (Å²) in [5, 5.41) is 5.83. The average molecular weight is 1300 g/mol. The number of pyridine rings is 1. The number of nitrogens with zero attached hydrogens (tertiary/aromatic N) is 4. The fourth-order valence-electron chi connectivity index (χ4n) is 11.3. The minimum absolute atomic E-state index is 0. The molecule has 0 atom stereocenters. The second-order valence-corrected chi connectivity index (χ2v) is 24.8. The number of para-hydroxylation sites is 2. The molecule has 0 aliphatic heterocycles. The average Bonchev–Trinajstić information content (AvgIpc) is 1.30. The van der Waals surface area contributed by atoms with Gasteiger partial charge in [-0.05, 0) is 95.2 Å². The molecule has 3 aromatic heterocycles. The molecule has 3 heterocycles. The zero-order chi connectivity index (χ0) is 71.6. The standard InChI is InChI=1S/C77H58N4OSi.Pt/c1-54-46-75(78-52-70(54)57-30-15-7-16-31-57)81-71-45-43-65(83(62-34-17-8-18-35-62,63-36-19-9-20-37-63)64-38-21-10-22-39-64)51-69(71)66-44-42-61(50-74(66)81)82-60-33-25-32-59(49-60)79-53-80(73-41-24-23-40-72(73)79)76-67(55-26-11-5-12-27-55)47-58(77(2,3)4)48-68(76)56-28-13-6-14-29-56;/h5-48,51-52H,1-4H3;/q-2;/i1D3,5D,6D,7D,11D,12D,13D,14D,15D,16D,26D,27D,28D,29D,30D,31D;. The first-order chi connectivity index (χ1) is 48.1. The van der Waals surface area contributed by atoms with Crippen LogP contribution in [0.5, 0.6) is 11.5 Å². The summed E-state index contributed by atoms with van der Waals surface area (Å²) in [6.45, 7) is 2.82. The number of hydrogen-bond acceptors (Lipinski definition) is 2. The smallest absolute Gasteiger partial charge is 0.268 e. The molecule has 0 fully saturated rings. The van der Waals surface area contributed by atoms with Crippen molar-refractivity contribution < 1.29 is 55.0 Å². The Balaban J connectivity index is 0.00000928. The van der Waals surface area contributed by atoms with E-state index in [1.54, 1.807) is 68.3 Å². The molecular weight excluding hydrogens is 1220 g/mol. The molecule has 0 saturated carbocycles. The summed E-state index contributed by atoms with van der Waals surface area (Å²) < 4.78 is 172. The molecule has 0 saturated heterocycles. The van der Waals surface area contributed by atoms with E-state index < -0.39 is 111 Å². The summed E-state index contributed by atoms with van der Waals surface area (Å²) in [5.74, 6) is 0.482. The van der Waals surface area contributed by atoms with Crippen LogP contribution in [0.15, 0.2) is 279 Å². The van der Waals surface area contributed by atoms with Crippen molar-refractivity contribution in [1.82, 2.24) is 14.1 Å². The fraction of sp³-hybridized carbons (Fsp3) is 0.0649. The molecule has 11 aromatic carbocycles. The molecule has 84 heavy (non-hydrogen) atoms. The summed E-state index contributed by atoms with van der Waals surface area (Å²) >= 11 is 0. The Bertz CT molecular complexity index is 5470. The van der Waals surface area contributed by atoms with Gasteiger partial charge in [-0.15, -0.1) is 29.7 Å². The molecule has 0 amide bonds. The summed E-state index contributed by atoms with van der Waals surface area (Å²) in [4.78, 5) is 4.88. The molecule has 5 nitrogen and oxygen atoms in total. The second-order valence-electron chi connectivity index (χ2n) is 21.0. The van der Waals surface area contributed by atoms with Gasteiger partial charge in [0.1, 0.15) is 5.82 Å². The van der Waals surface area contributed by atoms with Crippen LogP contribution >= 0.6 is 0 Å². The fourth-order valence-corrected chi connectivity index (χ4v) is 16.0. The van der Waals surface area contributed by atoms with Gasteiger partial charge in [-0.3, -0.25) is 4.57 Å². The van der Waals surface area contributed by atoms with Gasteiger partial charge in [-0.25, -0.2) is 4.98 Å². The molecule has 0 N–H and O–H groups in total. The van der Waals surface area contributed by atoms with Crippen LogP contribution in [0.3, 0.4) is 0 Å². The van der Waals surface area contributed by atoms with E-state index in [-0.39, 0.29) is 83.0 Å². The van der Waals surface area contributed by atoms with Crippen molar-refractivity contribution in [3.63, 3.8) is 0 Å². The van der Waals surface area contributed by atoms with Crippen LogP contribution in [0.25, 0.3) is 83.4 Å². The molecule has 0 unspecified atom stereocenters. The first-order valence-electron chi connectivity index (χ1n) is 35.9. The van der Waals surface area contributed by atoms with Crippen LogP contribution in [0, 0.1) is 25.3 Å². The second kappa shape index (κ2) is 22.4. The van der Waals surface area contributed by atoms with E-state index in [1.165, 1.54) is 12.3 Å². The van der Waals surface area contributed by atoms with E-state index in [4.69, 9.17) is 28.9 Å². The van der Waals surface area contributed by atoms with Gasteiger partial charge < -0.3 is 13.9 Å². The molecule has 0 aliphatic rings. The van der Waals surface area contributed by atoms with Crippen molar-refractivity contribution in [2.24, 2.45) is 0 Å². The third-order valence-electron chi connectivity index (χ3n) is 15.1. The number of imidazole rings is 1. The van der Waals surface area contributed by atoms with Gasteiger partial charge in [0.25, 0.3) is 6.33 Å².